The Bertz CT molecular complexity index is 400. The van der Waals surface area contributed by atoms with E-state index in [2.05, 4.69) is 4.98 Å². The first kappa shape index (κ1) is 12.2. The topological polar surface area (TPSA) is 65.2 Å². The summed E-state index contributed by atoms with van der Waals surface area (Å²) in [6, 6.07) is 1.85. The van der Waals surface area contributed by atoms with E-state index < -0.39 is 0 Å². The molecule has 86 valence electrons. The molecule has 0 amide bonds. The molecule has 2 N–H and O–H groups in total. The monoisotopic (exact) mass is 220 g/mol. The molecule has 0 aromatic carbocycles. The Morgan fingerprint density at radius 1 is 1.62 bits per heavy atom. The lowest BCUT2D eigenvalue weighted by atomic mass is 10.2. The van der Waals surface area contributed by atoms with Crippen LogP contribution in [0, 0.1) is 6.92 Å². The summed E-state index contributed by atoms with van der Waals surface area (Å²) < 4.78 is 4.79. The van der Waals surface area contributed by atoms with Gasteiger partial charge in [0.1, 0.15) is 0 Å². The minimum Gasteiger partial charge on any atom is -0.466 e. The van der Waals surface area contributed by atoms with Crippen LogP contribution in [0.4, 0.5) is 5.69 Å². The molecular formula is C12H16N2O2. The number of nitrogens with two attached hydrogens (primary N) is 1. The van der Waals surface area contributed by atoms with Crippen LogP contribution >= 0.6 is 0 Å². The van der Waals surface area contributed by atoms with Crippen molar-refractivity contribution in [2.75, 3.05) is 12.3 Å². The summed E-state index contributed by atoms with van der Waals surface area (Å²) in [5, 5.41) is 0. The highest BCUT2D eigenvalue weighted by Gasteiger charge is 2.00. The second-order valence-electron chi connectivity index (χ2n) is 3.34. The molecule has 16 heavy (non-hydrogen) atoms. The molecule has 0 aliphatic carbocycles. The van der Waals surface area contributed by atoms with Crippen molar-refractivity contribution in [1.29, 1.82) is 0 Å². The molecule has 0 spiro atoms. The van der Waals surface area contributed by atoms with E-state index in [1.165, 1.54) is 0 Å². The van der Waals surface area contributed by atoms with Gasteiger partial charge >= 0.3 is 5.97 Å². The van der Waals surface area contributed by atoms with Gasteiger partial charge in [-0.2, -0.15) is 0 Å². The van der Waals surface area contributed by atoms with Gasteiger partial charge < -0.3 is 10.5 Å². The molecule has 1 aromatic heterocycles. The molecule has 0 fully saturated rings. The van der Waals surface area contributed by atoms with Crippen molar-refractivity contribution >= 4 is 17.7 Å². The maximum Gasteiger partial charge on any atom is 0.309 e. The van der Waals surface area contributed by atoms with Crippen LogP contribution < -0.4 is 5.73 Å². The first-order chi connectivity index (χ1) is 7.65. The minimum atomic E-state index is -0.245. The molecule has 1 rings (SSSR count). The molecule has 0 saturated carbocycles. The third-order valence-electron chi connectivity index (χ3n) is 2.10. The Morgan fingerprint density at radius 3 is 3.06 bits per heavy atom. The Kier molecular flexibility index (Phi) is 4.51. The normalized spacial score (nSPS) is 10.6. The van der Waals surface area contributed by atoms with Gasteiger partial charge in [-0.1, -0.05) is 6.08 Å². The van der Waals surface area contributed by atoms with Gasteiger partial charge in [0.05, 0.1) is 24.4 Å². The highest BCUT2D eigenvalue weighted by molar-refractivity contribution is 5.73. The number of rotatable bonds is 4. The predicted molar refractivity (Wildman–Crippen MR) is 63.7 cm³/mol. The highest BCUT2D eigenvalue weighted by atomic mass is 16.5. The van der Waals surface area contributed by atoms with Crippen LogP contribution in [-0.2, 0) is 9.53 Å². The van der Waals surface area contributed by atoms with Gasteiger partial charge in [-0.3, -0.25) is 9.78 Å². The number of pyridine rings is 1. The van der Waals surface area contributed by atoms with E-state index in [4.69, 9.17) is 10.5 Å². The lowest BCUT2D eigenvalue weighted by Gasteiger charge is -2.02. The zero-order valence-electron chi connectivity index (χ0n) is 9.56. The molecule has 1 heterocycles. The van der Waals surface area contributed by atoms with Gasteiger partial charge in [0.25, 0.3) is 0 Å². The first-order valence-electron chi connectivity index (χ1n) is 5.18. The summed E-state index contributed by atoms with van der Waals surface area (Å²) in [6.45, 7) is 4.10. The van der Waals surface area contributed by atoms with E-state index in [0.29, 0.717) is 18.0 Å². The van der Waals surface area contributed by atoms with Crippen LogP contribution in [0.5, 0.6) is 0 Å². The average molecular weight is 220 g/mol. The summed E-state index contributed by atoms with van der Waals surface area (Å²) in [6.07, 6.45) is 5.37. The van der Waals surface area contributed by atoms with E-state index in [1.807, 2.05) is 13.0 Å². The quantitative estimate of drug-likeness (QED) is 0.787. The number of esters is 1. The molecule has 0 radical (unpaired) electrons. The van der Waals surface area contributed by atoms with Gasteiger partial charge in [-0.15, -0.1) is 0 Å². The predicted octanol–water partition coefficient (Wildman–Crippen LogP) is 1.94. The number of nitrogens with zero attached hydrogens (tertiary/aromatic N) is 1. The lowest BCUT2D eigenvalue weighted by Crippen LogP contribution is -2.01. The van der Waals surface area contributed by atoms with Crippen LogP contribution in [0.3, 0.4) is 0 Å². The second kappa shape index (κ2) is 5.90. The number of hydrogen-bond donors (Lipinski definition) is 1. The van der Waals surface area contributed by atoms with Crippen molar-refractivity contribution in [3.63, 3.8) is 0 Å². The first-order valence-corrected chi connectivity index (χ1v) is 5.18. The molecule has 4 nitrogen and oxygen atoms in total. The average Bonchev–Trinajstić information content (AvgIpc) is 2.25. The Hall–Kier alpha value is -1.84. The van der Waals surface area contributed by atoms with Gasteiger partial charge in [0, 0.05) is 6.20 Å². The van der Waals surface area contributed by atoms with Gasteiger partial charge in [0.2, 0.25) is 0 Å². The van der Waals surface area contributed by atoms with Crippen molar-refractivity contribution in [3.8, 4) is 0 Å². The molecule has 0 bridgehead atoms. The van der Waals surface area contributed by atoms with Crippen LogP contribution in [0.1, 0.15) is 24.6 Å². The molecule has 0 unspecified atom stereocenters. The minimum absolute atomic E-state index is 0.239. The zero-order chi connectivity index (χ0) is 12.0. The number of hydrogen-bond acceptors (Lipinski definition) is 4. The Labute approximate surface area is 95.1 Å². The van der Waals surface area contributed by atoms with E-state index in [1.54, 1.807) is 25.3 Å². The number of aryl methyl sites for hydroxylation is 1. The lowest BCUT2D eigenvalue weighted by molar-refractivity contribution is -0.142. The number of carbonyl (C=O) groups excluding carboxylic acids is 1. The fraction of sp³-hybridized carbons (Fsp3) is 0.333. The number of carbonyl (C=O) groups is 1. The SMILES string of the molecule is CCOC(=O)CC=Cc1nccc(C)c1N. The van der Waals surface area contributed by atoms with Crippen molar-refractivity contribution in [2.24, 2.45) is 0 Å². The van der Waals surface area contributed by atoms with E-state index in [9.17, 15) is 4.79 Å². The molecular weight excluding hydrogens is 204 g/mol. The maximum absolute atomic E-state index is 11.1. The van der Waals surface area contributed by atoms with Crippen LogP contribution in [0.15, 0.2) is 18.3 Å². The van der Waals surface area contributed by atoms with Crippen molar-refractivity contribution in [3.05, 3.63) is 29.6 Å². The third kappa shape index (κ3) is 3.38. The Balaban J connectivity index is 2.63. The van der Waals surface area contributed by atoms with Gasteiger partial charge in [0.15, 0.2) is 0 Å². The van der Waals surface area contributed by atoms with E-state index in [0.717, 1.165) is 5.56 Å². The molecule has 0 aliphatic heterocycles. The van der Waals surface area contributed by atoms with E-state index >= 15 is 0 Å². The summed E-state index contributed by atoms with van der Waals surface area (Å²) in [4.78, 5) is 15.2. The summed E-state index contributed by atoms with van der Waals surface area (Å²) >= 11 is 0. The fourth-order valence-electron chi connectivity index (χ4n) is 1.21. The van der Waals surface area contributed by atoms with Gasteiger partial charge in [-0.05, 0) is 31.6 Å². The van der Waals surface area contributed by atoms with Crippen molar-refractivity contribution < 1.29 is 9.53 Å². The fourth-order valence-corrected chi connectivity index (χ4v) is 1.21. The number of ether oxygens (including phenoxy) is 1. The van der Waals surface area contributed by atoms with Crippen molar-refractivity contribution in [2.45, 2.75) is 20.3 Å². The van der Waals surface area contributed by atoms with Crippen LogP contribution in [-0.4, -0.2) is 17.6 Å². The summed E-state index contributed by atoms with van der Waals surface area (Å²) in [5.74, 6) is -0.245. The smallest absolute Gasteiger partial charge is 0.309 e. The highest BCUT2D eigenvalue weighted by Crippen LogP contribution is 2.15. The molecule has 0 atom stereocenters. The summed E-state index contributed by atoms with van der Waals surface area (Å²) in [5.41, 5.74) is 8.13. The Morgan fingerprint density at radius 2 is 2.38 bits per heavy atom. The second-order valence-corrected chi connectivity index (χ2v) is 3.34. The van der Waals surface area contributed by atoms with Crippen LogP contribution in [0.25, 0.3) is 6.08 Å². The summed E-state index contributed by atoms with van der Waals surface area (Å²) in [7, 11) is 0. The van der Waals surface area contributed by atoms with Gasteiger partial charge in [-0.25, -0.2) is 0 Å². The molecule has 4 heteroatoms. The molecule has 0 saturated heterocycles. The largest absolute Gasteiger partial charge is 0.466 e. The zero-order valence-corrected chi connectivity index (χ0v) is 9.56. The number of aromatic nitrogens is 1. The molecule has 0 aliphatic rings. The maximum atomic E-state index is 11.1. The number of nitrogen functional groups attached to an aromatic ring is 1. The van der Waals surface area contributed by atoms with E-state index in [-0.39, 0.29) is 12.4 Å². The van der Waals surface area contributed by atoms with Crippen molar-refractivity contribution in [1.82, 2.24) is 4.98 Å². The molecule has 1 aromatic rings. The standard InChI is InChI=1S/C12H16N2O2/c1-3-16-11(15)6-4-5-10-12(13)9(2)7-8-14-10/h4-5,7-8H,3,6,13H2,1-2H3. The van der Waals surface area contributed by atoms with Crippen LogP contribution in [0.2, 0.25) is 0 Å². The number of anilines is 1. The third-order valence-corrected chi connectivity index (χ3v) is 2.10.